The number of thiophene rings is 1. The Labute approximate surface area is 199 Å². The smallest absolute Gasteiger partial charge is 0.243 e. The minimum atomic E-state index is -0.0170. The maximum Gasteiger partial charge on any atom is 0.243 e. The fourth-order valence-electron chi connectivity index (χ4n) is 3.19. The van der Waals surface area contributed by atoms with Gasteiger partial charge in [-0.3, -0.25) is 4.79 Å². The second-order valence-electron chi connectivity index (χ2n) is 7.20. The number of aryl methyl sites for hydroxylation is 1. The van der Waals surface area contributed by atoms with Gasteiger partial charge in [0.1, 0.15) is 6.54 Å². The lowest BCUT2D eigenvalue weighted by atomic mass is 10.1. The number of nitrogens with one attached hydrogen (secondary N) is 3. The second-order valence-corrected chi connectivity index (χ2v) is 8.23. The van der Waals surface area contributed by atoms with Crippen molar-refractivity contribution < 1.29 is 4.79 Å². The SMILES string of the molecule is Cc1cccc2[nH]cc(CCNC(=NCC(=O)N(C)C)NCCc3cccs3)c12.I. The highest BCUT2D eigenvalue weighted by atomic mass is 127. The van der Waals surface area contributed by atoms with Crippen LogP contribution in [0.2, 0.25) is 0 Å². The number of guanidine groups is 1. The quantitative estimate of drug-likeness (QED) is 0.233. The third kappa shape index (κ3) is 6.73. The molecule has 30 heavy (non-hydrogen) atoms. The molecule has 3 N–H and O–H groups in total. The van der Waals surface area contributed by atoms with Crippen LogP contribution in [-0.2, 0) is 17.6 Å². The molecule has 0 atom stereocenters. The van der Waals surface area contributed by atoms with E-state index in [1.807, 2.05) is 0 Å². The lowest BCUT2D eigenvalue weighted by Gasteiger charge is -2.13. The number of aromatic nitrogens is 1. The first-order valence-corrected chi connectivity index (χ1v) is 10.7. The summed E-state index contributed by atoms with van der Waals surface area (Å²) < 4.78 is 0. The Morgan fingerprint density at radius 1 is 1.13 bits per heavy atom. The summed E-state index contributed by atoms with van der Waals surface area (Å²) in [6, 6.07) is 10.5. The number of hydrogen-bond acceptors (Lipinski definition) is 3. The minimum absolute atomic E-state index is 0. The molecule has 0 saturated carbocycles. The third-order valence-electron chi connectivity index (χ3n) is 4.80. The van der Waals surface area contributed by atoms with Crippen LogP contribution in [0.15, 0.2) is 46.9 Å². The first kappa shape index (κ1) is 24.2. The number of rotatable bonds is 8. The van der Waals surface area contributed by atoms with Crippen LogP contribution in [0.1, 0.15) is 16.0 Å². The molecular weight excluding hydrogens is 509 g/mol. The summed E-state index contributed by atoms with van der Waals surface area (Å²) in [7, 11) is 3.49. The van der Waals surface area contributed by atoms with Crippen molar-refractivity contribution in [2.45, 2.75) is 19.8 Å². The maximum absolute atomic E-state index is 11.9. The van der Waals surface area contributed by atoms with Crippen LogP contribution in [0.3, 0.4) is 0 Å². The number of carbonyl (C=O) groups is 1. The lowest BCUT2D eigenvalue weighted by Crippen LogP contribution is -2.40. The number of nitrogens with zero attached hydrogens (tertiary/aromatic N) is 2. The zero-order valence-electron chi connectivity index (χ0n) is 17.7. The molecule has 0 unspecified atom stereocenters. The van der Waals surface area contributed by atoms with Gasteiger partial charge in [-0.05, 0) is 48.4 Å². The molecule has 0 spiro atoms. The summed E-state index contributed by atoms with van der Waals surface area (Å²) in [5.74, 6) is 0.657. The Morgan fingerprint density at radius 3 is 2.60 bits per heavy atom. The Morgan fingerprint density at radius 2 is 1.90 bits per heavy atom. The Bertz CT molecular complexity index is 965. The van der Waals surface area contributed by atoms with Crippen molar-refractivity contribution in [2.75, 3.05) is 33.7 Å². The number of amides is 1. The predicted molar refractivity (Wildman–Crippen MR) is 137 cm³/mol. The van der Waals surface area contributed by atoms with Crippen molar-refractivity contribution in [3.05, 3.63) is 57.9 Å². The standard InChI is InChI=1S/C22H29N5OS.HI/c1-16-6-4-8-19-21(16)17(14-25-19)9-11-23-22(26-15-20(28)27(2)3)24-12-10-18-7-5-13-29-18;/h4-8,13-14,25H,9-12,15H2,1-3H3,(H2,23,24,26);1H. The van der Waals surface area contributed by atoms with Crippen molar-refractivity contribution in [1.82, 2.24) is 20.5 Å². The molecular formula is C22H30IN5OS. The summed E-state index contributed by atoms with van der Waals surface area (Å²) in [5, 5.41) is 10.1. The topological polar surface area (TPSA) is 72.5 Å². The molecule has 0 aliphatic rings. The Hall–Kier alpha value is -2.07. The summed E-state index contributed by atoms with van der Waals surface area (Å²) in [6.45, 7) is 3.78. The van der Waals surface area contributed by atoms with E-state index in [4.69, 9.17) is 0 Å². The first-order chi connectivity index (χ1) is 14.0. The van der Waals surface area contributed by atoms with Gasteiger partial charge < -0.3 is 20.5 Å². The van der Waals surface area contributed by atoms with Crippen LogP contribution >= 0.6 is 35.3 Å². The van der Waals surface area contributed by atoms with E-state index in [1.54, 1.807) is 30.3 Å². The fraction of sp³-hybridized carbons (Fsp3) is 0.364. The van der Waals surface area contributed by atoms with E-state index in [9.17, 15) is 4.79 Å². The highest BCUT2D eigenvalue weighted by molar-refractivity contribution is 14.0. The molecule has 0 aliphatic carbocycles. The molecule has 1 aromatic carbocycles. The van der Waals surface area contributed by atoms with E-state index in [0.29, 0.717) is 5.96 Å². The van der Waals surface area contributed by atoms with Gasteiger partial charge in [0.15, 0.2) is 5.96 Å². The van der Waals surface area contributed by atoms with E-state index < -0.39 is 0 Å². The number of likely N-dealkylation sites (N-methyl/N-ethyl adjacent to an activating group) is 1. The number of aromatic amines is 1. The number of carbonyl (C=O) groups excluding carboxylic acids is 1. The zero-order valence-corrected chi connectivity index (χ0v) is 20.8. The van der Waals surface area contributed by atoms with E-state index in [0.717, 1.165) is 25.9 Å². The number of halogens is 1. The Kier molecular flexibility index (Phi) is 9.64. The van der Waals surface area contributed by atoms with Gasteiger partial charge in [0.25, 0.3) is 0 Å². The second kappa shape index (κ2) is 11.9. The minimum Gasteiger partial charge on any atom is -0.361 e. The Balaban J connectivity index is 0.00000320. The number of hydrogen-bond donors (Lipinski definition) is 3. The molecule has 0 bridgehead atoms. The van der Waals surface area contributed by atoms with Crippen LogP contribution in [0.4, 0.5) is 0 Å². The molecule has 1 amide bonds. The monoisotopic (exact) mass is 539 g/mol. The molecule has 6 nitrogen and oxygen atoms in total. The van der Waals surface area contributed by atoms with E-state index in [-0.39, 0.29) is 36.4 Å². The van der Waals surface area contributed by atoms with Gasteiger partial charge in [0.2, 0.25) is 5.91 Å². The molecule has 3 aromatic rings. The van der Waals surface area contributed by atoms with Crippen LogP contribution in [0, 0.1) is 6.92 Å². The van der Waals surface area contributed by atoms with E-state index in [2.05, 4.69) is 69.4 Å². The van der Waals surface area contributed by atoms with Crippen molar-refractivity contribution >= 4 is 58.1 Å². The highest BCUT2D eigenvalue weighted by Gasteiger charge is 2.08. The molecule has 0 aliphatic heterocycles. The lowest BCUT2D eigenvalue weighted by molar-refractivity contribution is -0.127. The summed E-state index contributed by atoms with van der Waals surface area (Å²) in [6.07, 6.45) is 3.88. The molecule has 2 aromatic heterocycles. The number of benzene rings is 1. The van der Waals surface area contributed by atoms with E-state index in [1.165, 1.54) is 26.9 Å². The first-order valence-electron chi connectivity index (χ1n) is 9.85. The van der Waals surface area contributed by atoms with Crippen LogP contribution in [0.5, 0.6) is 0 Å². The summed E-state index contributed by atoms with van der Waals surface area (Å²) >= 11 is 1.75. The average Bonchev–Trinajstić information content (AvgIpc) is 3.36. The summed E-state index contributed by atoms with van der Waals surface area (Å²) in [5.41, 5.74) is 3.73. The summed E-state index contributed by atoms with van der Waals surface area (Å²) in [4.78, 5) is 22.6. The largest absolute Gasteiger partial charge is 0.361 e. The van der Waals surface area contributed by atoms with Gasteiger partial charge in [0, 0.05) is 49.2 Å². The van der Waals surface area contributed by atoms with Crippen LogP contribution < -0.4 is 10.6 Å². The third-order valence-corrected chi connectivity index (χ3v) is 5.73. The zero-order chi connectivity index (χ0) is 20.6. The molecule has 0 radical (unpaired) electrons. The average molecular weight is 539 g/mol. The van der Waals surface area contributed by atoms with Crippen molar-refractivity contribution in [3.8, 4) is 0 Å². The highest BCUT2D eigenvalue weighted by Crippen LogP contribution is 2.22. The molecule has 3 rings (SSSR count). The van der Waals surface area contributed by atoms with Gasteiger partial charge >= 0.3 is 0 Å². The van der Waals surface area contributed by atoms with Crippen molar-refractivity contribution in [2.24, 2.45) is 4.99 Å². The van der Waals surface area contributed by atoms with Gasteiger partial charge in [0.05, 0.1) is 0 Å². The van der Waals surface area contributed by atoms with E-state index >= 15 is 0 Å². The molecule has 0 saturated heterocycles. The molecule has 0 fully saturated rings. The molecule has 2 heterocycles. The van der Waals surface area contributed by atoms with Gasteiger partial charge in [-0.25, -0.2) is 4.99 Å². The molecule has 8 heteroatoms. The molecule has 162 valence electrons. The maximum atomic E-state index is 11.9. The normalized spacial score (nSPS) is 11.2. The fourth-order valence-corrected chi connectivity index (χ4v) is 3.89. The number of aliphatic imine (C=N–C) groups is 1. The van der Waals surface area contributed by atoms with Crippen molar-refractivity contribution in [3.63, 3.8) is 0 Å². The van der Waals surface area contributed by atoms with Crippen LogP contribution in [-0.4, -0.2) is 55.5 Å². The van der Waals surface area contributed by atoms with Gasteiger partial charge in [-0.1, -0.05) is 18.2 Å². The van der Waals surface area contributed by atoms with Crippen molar-refractivity contribution in [1.29, 1.82) is 0 Å². The number of H-pyrrole nitrogens is 1. The van der Waals surface area contributed by atoms with Gasteiger partial charge in [-0.15, -0.1) is 35.3 Å². The number of fused-ring (bicyclic) bond motifs is 1. The van der Waals surface area contributed by atoms with Gasteiger partial charge in [-0.2, -0.15) is 0 Å². The predicted octanol–water partition coefficient (Wildman–Crippen LogP) is 3.56. The van der Waals surface area contributed by atoms with Crippen LogP contribution in [0.25, 0.3) is 10.9 Å².